The molecule has 0 aliphatic heterocycles. The lowest BCUT2D eigenvalue weighted by molar-refractivity contribution is 0.623. The Balaban J connectivity index is 2.19. The lowest BCUT2D eigenvalue weighted by atomic mass is 10.2. The van der Waals surface area contributed by atoms with Crippen molar-refractivity contribution in [3.05, 3.63) is 51.5 Å². The number of halogens is 2. The van der Waals surface area contributed by atoms with Gasteiger partial charge in [-0.2, -0.15) is 0 Å². The van der Waals surface area contributed by atoms with Crippen LogP contribution in [0.3, 0.4) is 0 Å². The molecular formula is C15H19Cl2N3. The monoisotopic (exact) mass is 311 g/mol. The highest BCUT2D eigenvalue weighted by Crippen LogP contribution is 2.22. The van der Waals surface area contributed by atoms with Crippen LogP contribution in [0.1, 0.15) is 30.4 Å². The Morgan fingerprint density at radius 2 is 2.10 bits per heavy atom. The number of hydrogen-bond donors (Lipinski definition) is 1. The zero-order valence-corrected chi connectivity index (χ0v) is 13.3. The van der Waals surface area contributed by atoms with Crippen LogP contribution in [0.5, 0.6) is 0 Å². The van der Waals surface area contributed by atoms with Crippen LogP contribution in [0.4, 0.5) is 0 Å². The first-order valence-corrected chi connectivity index (χ1v) is 7.53. The molecule has 108 valence electrons. The Morgan fingerprint density at radius 3 is 2.85 bits per heavy atom. The number of aryl methyl sites for hydroxylation is 1. The average Bonchev–Trinajstić information content (AvgIpc) is 2.76. The summed E-state index contributed by atoms with van der Waals surface area (Å²) in [5, 5.41) is 4.83. The Labute approximate surface area is 129 Å². The summed E-state index contributed by atoms with van der Waals surface area (Å²) >= 11 is 12.3. The van der Waals surface area contributed by atoms with Crippen molar-refractivity contribution in [2.24, 2.45) is 0 Å². The number of nitrogens with one attached hydrogen (secondary N) is 1. The van der Waals surface area contributed by atoms with Crippen molar-refractivity contribution in [2.75, 3.05) is 6.54 Å². The largest absolute Gasteiger partial charge is 0.327 e. The van der Waals surface area contributed by atoms with Crippen LogP contribution >= 0.6 is 23.2 Å². The Kier molecular flexibility index (Phi) is 5.46. The van der Waals surface area contributed by atoms with E-state index in [1.54, 1.807) is 6.07 Å². The fraction of sp³-hybridized carbons (Fsp3) is 0.400. The van der Waals surface area contributed by atoms with Crippen LogP contribution in [-0.2, 0) is 13.1 Å². The maximum Gasteiger partial charge on any atom is 0.106 e. The maximum absolute atomic E-state index is 6.24. The lowest BCUT2D eigenvalue weighted by Gasteiger charge is -2.12. The summed E-state index contributed by atoms with van der Waals surface area (Å²) < 4.78 is 2.17. The van der Waals surface area contributed by atoms with Crippen molar-refractivity contribution >= 4 is 23.2 Å². The predicted molar refractivity (Wildman–Crippen MR) is 84.5 cm³/mol. The van der Waals surface area contributed by atoms with Crippen LogP contribution in [0.25, 0.3) is 0 Å². The molecule has 1 aromatic heterocycles. The number of aromatic nitrogens is 2. The lowest BCUT2D eigenvalue weighted by Crippen LogP contribution is -2.17. The third-order valence-electron chi connectivity index (χ3n) is 3.21. The number of nitrogens with zero attached hydrogens (tertiary/aromatic N) is 2. The zero-order valence-electron chi connectivity index (χ0n) is 11.8. The van der Waals surface area contributed by atoms with Gasteiger partial charge >= 0.3 is 0 Å². The molecule has 0 fully saturated rings. The zero-order chi connectivity index (χ0) is 14.5. The second kappa shape index (κ2) is 7.11. The van der Waals surface area contributed by atoms with Gasteiger partial charge in [-0.1, -0.05) is 30.1 Å². The molecular weight excluding hydrogens is 293 g/mol. The van der Waals surface area contributed by atoms with Crippen molar-refractivity contribution in [3.63, 3.8) is 0 Å². The van der Waals surface area contributed by atoms with Crippen molar-refractivity contribution in [3.8, 4) is 0 Å². The minimum atomic E-state index is 0.689. The number of imidazole rings is 1. The highest BCUT2D eigenvalue weighted by Gasteiger charge is 2.09. The van der Waals surface area contributed by atoms with Gasteiger partial charge in [0.2, 0.25) is 0 Å². The first-order valence-electron chi connectivity index (χ1n) is 6.77. The summed E-state index contributed by atoms with van der Waals surface area (Å²) in [7, 11) is 0. The van der Waals surface area contributed by atoms with Gasteiger partial charge < -0.3 is 9.88 Å². The van der Waals surface area contributed by atoms with Crippen LogP contribution < -0.4 is 5.32 Å². The topological polar surface area (TPSA) is 29.9 Å². The van der Waals surface area contributed by atoms with Gasteiger partial charge in [0.05, 0.1) is 12.2 Å². The van der Waals surface area contributed by atoms with Crippen molar-refractivity contribution in [2.45, 2.75) is 33.4 Å². The number of benzene rings is 1. The predicted octanol–water partition coefficient (Wildman–Crippen LogP) is 4.05. The molecule has 0 spiro atoms. The molecule has 20 heavy (non-hydrogen) atoms. The maximum atomic E-state index is 6.24. The Hall–Kier alpha value is -1.03. The summed E-state index contributed by atoms with van der Waals surface area (Å²) in [6, 6.07) is 5.55. The summed E-state index contributed by atoms with van der Waals surface area (Å²) in [6.07, 6.45) is 3.03. The van der Waals surface area contributed by atoms with Gasteiger partial charge in [-0.25, -0.2) is 4.98 Å². The van der Waals surface area contributed by atoms with E-state index in [1.165, 1.54) is 0 Å². The summed E-state index contributed by atoms with van der Waals surface area (Å²) in [5.74, 6) is 0.981. The molecule has 1 heterocycles. The van der Waals surface area contributed by atoms with Crippen molar-refractivity contribution < 1.29 is 0 Å². The van der Waals surface area contributed by atoms with Crippen LogP contribution in [-0.4, -0.2) is 16.1 Å². The highest BCUT2D eigenvalue weighted by molar-refractivity contribution is 6.33. The van der Waals surface area contributed by atoms with Gasteiger partial charge in [0, 0.05) is 22.8 Å². The van der Waals surface area contributed by atoms with E-state index < -0.39 is 0 Å². The molecule has 0 amide bonds. The van der Waals surface area contributed by atoms with Crippen molar-refractivity contribution in [1.82, 2.24) is 14.9 Å². The van der Waals surface area contributed by atoms with Gasteiger partial charge in [-0.3, -0.25) is 0 Å². The van der Waals surface area contributed by atoms with E-state index in [0.717, 1.165) is 41.6 Å². The number of rotatable bonds is 6. The average molecular weight is 312 g/mol. The third-order valence-corrected chi connectivity index (χ3v) is 3.81. The van der Waals surface area contributed by atoms with E-state index in [1.807, 2.05) is 25.3 Å². The second-order valence-electron chi connectivity index (χ2n) is 4.80. The molecule has 0 unspecified atom stereocenters. The molecule has 2 rings (SSSR count). The molecule has 0 atom stereocenters. The van der Waals surface area contributed by atoms with E-state index in [4.69, 9.17) is 23.2 Å². The van der Waals surface area contributed by atoms with E-state index >= 15 is 0 Å². The fourth-order valence-corrected chi connectivity index (χ4v) is 2.47. The SMILES string of the molecule is CCCNCc1cnc(C)n1Cc1cc(Cl)ccc1Cl. The molecule has 1 N–H and O–H groups in total. The third kappa shape index (κ3) is 3.75. The van der Waals surface area contributed by atoms with Crippen LogP contribution in [0, 0.1) is 6.92 Å². The van der Waals surface area contributed by atoms with Gasteiger partial charge in [0.15, 0.2) is 0 Å². The molecule has 0 saturated carbocycles. The first kappa shape index (κ1) is 15.4. The fourth-order valence-electron chi connectivity index (χ4n) is 2.10. The van der Waals surface area contributed by atoms with E-state index in [9.17, 15) is 0 Å². The first-order chi connectivity index (χ1) is 9.61. The minimum absolute atomic E-state index is 0.689. The summed E-state index contributed by atoms with van der Waals surface area (Å²) in [4.78, 5) is 4.39. The molecule has 0 saturated heterocycles. The molecule has 1 aromatic carbocycles. The van der Waals surface area contributed by atoms with E-state index in [-0.39, 0.29) is 0 Å². The van der Waals surface area contributed by atoms with Gasteiger partial charge in [-0.15, -0.1) is 0 Å². The molecule has 0 bridgehead atoms. The Bertz CT molecular complexity index is 578. The summed E-state index contributed by atoms with van der Waals surface area (Å²) in [6.45, 7) is 6.66. The quantitative estimate of drug-likeness (QED) is 0.816. The molecule has 5 heteroatoms. The molecule has 0 radical (unpaired) electrons. The van der Waals surface area contributed by atoms with Crippen LogP contribution in [0.15, 0.2) is 24.4 Å². The van der Waals surface area contributed by atoms with Gasteiger partial charge in [0.25, 0.3) is 0 Å². The smallest absolute Gasteiger partial charge is 0.106 e. The molecule has 3 nitrogen and oxygen atoms in total. The summed E-state index contributed by atoms with van der Waals surface area (Å²) in [5.41, 5.74) is 2.17. The highest BCUT2D eigenvalue weighted by atomic mass is 35.5. The standard InChI is InChI=1S/C15H19Cl2N3/c1-3-6-18-8-14-9-19-11(2)20(14)10-12-7-13(16)4-5-15(12)17/h4-5,7,9,18H,3,6,8,10H2,1-2H3. The normalized spacial score (nSPS) is 11.0. The van der Waals surface area contributed by atoms with Crippen molar-refractivity contribution in [1.29, 1.82) is 0 Å². The van der Waals surface area contributed by atoms with Gasteiger partial charge in [0.1, 0.15) is 5.82 Å². The van der Waals surface area contributed by atoms with Crippen LogP contribution in [0.2, 0.25) is 10.0 Å². The molecule has 0 aliphatic rings. The van der Waals surface area contributed by atoms with E-state index in [2.05, 4.69) is 21.8 Å². The van der Waals surface area contributed by atoms with Gasteiger partial charge in [-0.05, 0) is 43.7 Å². The second-order valence-corrected chi connectivity index (χ2v) is 5.64. The van der Waals surface area contributed by atoms with E-state index in [0.29, 0.717) is 11.6 Å². The Morgan fingerprint density at radius 1 is 1.30 bits per heavy atom. The minimum Gasteiger partial charge on any atom is -0.327 e. The molecule has 0 aliphatic carbocycles. The molecule has 2 aromatic rings. The number of hydrogen-bond acceptors (Lipinski definition) is 2.